The number of hydrogen-bond acceptors (Lipinski definition) is 4. The molecule has 3 heterocycles. The van der Waals surface area contributed by atoms with E-state index in [1.165, 1.54) is 4.90 Å². The van der Waals surface area contributed by atoms with Crippen LogP contribution in [0.25, 0.3) is 0 Å². The fraction of sp³-hybridized carbons (Fsp3) is 0.625. The maximum atomic E-state index is 12.7. The molecular weight excluding hydrogens is 367 g/mol. The number of piperazine rings is 1. The number of nitrogens with zero attached hydrogens (tertiary/aromatic N) is 4. The Hall–Kier alpha value is -2.59. The minimum absolute atomic E-state index is 0.0777. The Bertz CT molecular complexity index is 740. The van der Waals surface area contributed by atoms with Crippen molar-refractivity contribution in [2.75, 3.05) is 32.7 Å². The zero-order chi connectivity index (χ0) is 19.8. The Morgan fingerprint density at radius 3 is 2.30 bits per heavy atom. The van der Waals surface area contributed by atoms with Crippen molar-refractivity contribution in [1.29, 1.82) is 0 Å². The molecule has 2 aliphatic rings. The number of hydrogen-bond donors (Lipinski definition) is 1. The lowest BCUT2D eigenvalue weighted by Crippen LogP contribution is -2.56. The summed E-state index contributed by atoms with van der Waals surface area (Å²) in [6.07, 6.45) is -4.42. The Morgan fingerprint density at radius 2 is 1.74 bits per heavy atom. The second-order valence-electron chi connectivity index (χ2n) is 6.71. The summed E-state index contributed by atoms with van der Waals surface area (Å²) in [6, 6.07) is 0.536. The maximum Gasteiger partial charge on any atom is 0.471 e. The van der Waals surface area contributed by atoms with E-state index in [-0.39, 0.29) is 50.7 Å². The third-order valence-corrected chi connectivity index (χ3v) is 4.84. The highest BCUT2D eigenvalue weighted by Gasteiger charge is 2.48. The van der Waals surface area contributed by atoms with Gasteiger partial charge < -0.3 is 14.7 Å². The van der Waals surface area contributed by atoms with Crippen LogP contribution in [0.1, 0.15) is 29.0 Å². The van der Waals surface area contributed by atoms with Crippen LogP contribution in [0, 0.1) is 6.92 Å². The molecule has 11 heteroatoms. The highest BCUT2D eigenvalue weighted by Crippen LogP contribution is 2.27. The third-order valence-electron chi connectivity index (χ3n) is 4.84. The van der Waals surface area contributed by atoms with Crippen molar-refractivity contribution in [2.24, 2.45) is 0 Å². The van der Waals surface area contributed by atoms with Gasteiger partial charge in [-0.25, -0.2) is 0 Å². The number of aryl methyl sites for hydroxylation is 1. The van der Waals surface area contributed by atoms with Crippen molar-refractivity contribution in [3.63, 3.8) is 0 Å². The van der Waals surface area contributed by atoms with Gasteiger partial charge in [0.05, 0.1) is 0 Å². The summed E-state index contributed by atoms with van der Waals surface area (Å²) < 4.78 is 38.1. The van der Waals surface area contributed by atoms with Crippen molar-refractivity contribution < 1.29 is 27.6 Å². The number of nitrogens with one attached hydrogen (secondary N) is 1. The average Bonchev–Trinajstić information content (AvgIpc) is 3.28. The number of aromatic amines is 1. The first-order valence-electron chi connectivity index (χ1n) is 8.66. The second kappa shape index (κ2) is 7.20. The molecule has 0 aliphatic carbocycles. The van der Waals surface area contributed by atoms with E-state index in [2.05, 4.69) is 10.2 Å². The van der Waals surface area contributed by atoms with E-state index in [9.17, 15) is 27.6 Å². The fourth-order valence-electron chi connectivity index (χ4n) is 3.46. The summed E-state index contributed by atoms with van der Waals surface area (Å²) in [6.45, 7) is 2.63. The molecule has 2 fully saturated rings. The number of H-pyrrole nitrogens is 1. The van der Waals surface area contributed by atoms with Gasteiger partial charge in [-0.15, -0.1) is 0 Å². The van der Waals surface area contributed by atoms with E-state index in [0.717, 1.165) is 5.69 Å². The molecule has 148 valence electrons. The molecule has 2 saturated heterocycles. The van der Waals surface area contributed by atoms with Crippen LogP contribution in [-0.4, -0.2) is 87.6 Å². The first-order chi connectivity index (χ1) is 12.7. The standard InChI is InChI=1S/C16H20F3N5O3/c1-10-9-11(21-20-10)13(25)22-5-7-23(8-6-22)14(26)12-3-2-4-24(12)15(27)16(17,18)19/h9,12H,2-8H2,1H3,(H,20,21). The number of alkyl halides is 3. The van der Waals surface area contributed by atoms with Gasteiger partial charge in [-0.2, -0.15) is 18.3 Å². The topological polar surface area (TPSA) is 89.6 Å². The summed E-state index contributed by atoms with van der Waals surface area (Å²) >= 11 is 0. The predicted molar refractivity (Wildman–Crippen MR) is 86.6 cm³/mol. The van der Waals surface area contributed by atoms with Crippen molar-refractivity contribution in [1.82, 2.24) is 24.9 Å². The van der Waals surface area contributed by atoms with Crippen LogP contribution in [0.4, 0.5) is 13.2 Å². The molecule has 0 spiro atoms. The van der Waals surface area contributed by atoms with Crippen molar-refractivity contribution in [3.05, 3.63) is 17.5 Å². The minimum atomic E-state index is -4.99. The Balaban J connectivity index is 1.59. The lowest BCUT2D eigenvalue weighted by atomic mass is 10.1. The number of aromatic nitrogens is 2. The van der Waals surface area contributed by atoms with Gasteiger partial charge in [-0.05, 0) is 25.8 Å². The van der Waals surface area contributed by atoms with Crippen LogP contribution < -0.4 is 0 Å². The van der Waals surface area contributed by atoms with E-state index in [1.807, 2.05) is 0 Å². The molecule has 3 rings (SSSR count). The lowest BCUT2D eigenvalue weighted by molar-refractivity contribution is -0.187. The molecule has 1 aromatic rings. The van der Waals surface area contributed by atoms with E-state index in [0.29, 0.717) is 11.3 Å². The molecule has 1 unspecified atom stereocenters. The predicted octanol–water partition coefficient (Wildman–Crippen LogP) is 0.556. The van der Waals surface area contributed by atoms with E-state index < -0.39 is 24.0 Å². The number of likely N-dealkylation sites (tertiary alicyclic amines) is 1. The van der Waals surface area contributed by atoms with Crippen molar-refractivity contribution >= 4 is 17.7 Å². The molecule has 0 bridgehead atoms. The van der Waals surface area contributed by atoms with Gasteiger partial charge in [-0.1, -0.05) is 0 Å². The molecule has 1 aromatic heterocycles. The smallest absolute Gasteiger partial charge is 0.337 e. The zero-order valence-electron chi connectivity index (χ0n) is 14.8. The van der Waals surface area contributed by atoms with E-state index in [4.69, 9.17) is 0 Å². The van der Waals surface area contributed by atoms with E-state index >= 15 is 0 Å². The Morgan fingerprint density at radius 1 is 1.11 bits per heavy atom. The summed E-state index contributed by atoms with van der Waals surface area (Å²) in [4.78, 5) is 40.1. The molecule has 0 aromatic carbocycles. The van der Waals surface area contributed by atoms with Gasteiger partial charge in [0.1, 0.15) is 11.7 Å². The lowest BCUT2D eigenvalue weighted by Gasteiger charge is -2.37. The van der Waals surface area contributed by atoms with Gasteiger partial charge in [0, 0.05) is 38.4 Å². The van der Waals surface area contributed by atoms with Crippen LogP contribution in [0.2, 0.25) is 0 Å². The summed E-state index contributed by atoms with van der Waals surface area (Å²) in [5, 5.41) is 6.60. The molecule has 3 amide bonds. The fourth-order valence-corrected chi connectivity index (χ4v) is 3.46. The SMILES string of the molecule is Cc1cc(C(=O)N2CCN(C(=O)C3CCCN3C(=O)C(F)(F)F)CC2)n[nH]1. The molecular formula is C16H20F3N5O3. The Labute approximate surface area is 153 Å². The Kier molecular flexibility index (Phi) is 5.11. The summed E-state index contributed by atoms with van der Waals surface area (Å²) in [5.41, 5.74) is 1.04. The number of amides is 3. The number of carbonyl (C=O) groups is 3. The average molecular weight is 387 g/mol. The largest absolute Gasteiger partial charge is 0.471 e. The molecule has 0 radical (unpaired) electrons. The summed E-state index contributed by atoms with van der Waals surface area (Å²) in [5.74, 6) is -2.73. The van der Waals surface area contributed by atoms with Crippen LogP contribution >= 0.6 is 0 Å². The van der Waals surface area contributed by atoms with Gasteiger partial charge in [-0.3, -0.25) is 19.5 Å². The van der Waals surface area contributed by atoms with Gasteiger partial charge >= 0.3 is 12.1 Å². The maximum absolute atomic E-state index is 12.7. The van der Waals surface area contributed by atoms with Crippen LogP contribution in [0.3, 0.4) is 0 Å². The second-order valence-corrected chi connectivity index (χ2v) is 6.71. The van der Waals surface area contributed by atoms with Crippen LogP contribution in [0.15, 0.2) is 6.07 Å². The first-order valence-corrected chi connectivity index (χ1v) is 8.66. The zero-order valence-corrected chi connectivity index (χ0v) is 14.8. The third kappa shape index (κ3) is 3.91. The highest BCUT2D eigenvalue weighted by atomic mass is 19.4. The normalized spacial score (nSPS) is 20.9. The molecule has 1 N–H and O–H groups in total. The molecule has 8 nitrogen and oxygen atoms in total. The highest BCUT2D eigenvalue weighted by molar-refractivity contribution is 5.93. The molecule has 27 heavy (non-hydrogen) atoms. The minimum Gasteiger partial charge on any atom is -0.337 e. The van der Waals surface area contributed by atoms with Crippen molar-refractivity contribution in [2.45, 2.75) is 32.0 Å². The van der Waals surface area contributed by atoms with Gasteiger partial charge in [0.2, 0.25) is 5.91 Å². The van der Waals surface area contributed by atoms with Gasteiger partial charge in [0.25, 0.3) is 5.91 Å². The van der Waals surface area contributed by atoms with Gasteiger partial charge in [0.15, 0.2) is 0 Å². The summed E-state index contributed by atoms with van der Waals surface area (Å²) in [7, 11) is 0. The first kappa shape index (κ1) is 19.2. The number of halogens is 3. The van der Waals surface area contributed by atoms with Crippen molar-refractivity contribution in [3.8, 4) is 0 Å². The molecule has 0 saturated carbocycles. The number of rotatable bonds is 2. The van der Waals surface area contributed by atoms with Crippen LogP contribution in [-0.2, 0) is 9.59 Å². The molecule has 1 atom stereocenters. The monoisotopic (exact) mass is 387 g/mol. The van der Waals surface area contributed by atoms with E-state index in [1.54, 1.807) is 17.9 Å². The molecule has 2 aliphatic heterocycles. The quantitative estimate of drug-likeness (QED) is 0.803. The van der Waals surface area contributed by atoms with Crippen LogP contribution in [0.5, 0.6) is 0 Å². The number of carbonyl (C=O) groups excluding carboxylic acids is 3.